The van der Waals surface area contributed by atoms with Crippen LogP contribution >= 0.6 is 11.8 Å². The highest BCUT2D eigenvalue weighted by Gasteiger charge is 2.73. The first-order chi connectivity index (χ1) is 17.4. The monoisotopic (exact) mass is 528 g/mol. The number of furan rings is 1. The van der Waals surface area contributed by atoms with Crippen molar-refractivity contribution in [1.82, 2.24) is 0 Å². The lowest BCUT2D eigenvalue weighted by molar-refractivity contribution is -0.176. The van der Waals surface area contributed by atoms with Crippen LogP contribution in [0.5, 0.6) is 0 Å². The molecule has 5 rings (SSSR count). The van der Waals surface area contributed by atoms with E-state index in [4.69, 9.17) is 9.15 Å². The molecule has 0 spiro atoms. The molecule has 0 bridgehead atoms. The first-order valence-electron chi connectivity index (χ1n) is 12.7. The first kappa shape index (κ1) is 26.0. The normalized spacial score (nSPS) is 40.3. The highest BCUT2D eigenvalue weighted by atomic mass is 32.2. The quantitative estimate of drug-likeness (QED) is 0.544. The number of carboxylic acids is 1. The van der Waals surface area contributed by atoms with Crippen molar-refractivity contribution in [2.75, 3.05) is 5.75 Å². The van der Waals surface area contributed by atoms with Gasteiger partial charge in [0.25, 0.3) is 0 Å². The Bertz CT molecular complexity index is 1200. The molecule has 4 aliphatic carbocycles. The van der Waals surface area contributed by atoms with Crippen molar-refractivity contribution < 1.29 is 38.5 Å². The summed E-state index contributed by atoms with van der Waals surface area (Å²) >= 11 is 0.640. The van der Waals surface area contributed by atoms with Gasteiger partial charge in [-0.25, -0.2) is 4.79 Å². The highest BCUT2D eigenvalue weighted by Crippen LogP contribution is 2.69. The molecule has 3 unspecified atom stereocenters. The number of carbonyl (C=O) groups is 4. The van der Waals surface area contributed by atoms with E-state index in [-0.39, 0.29) is 35.7 Å². The average molecular weight is 529 g/mol. The van der Waals surface area contributed by atoms with Crippen molar-refractivity contribution in [1.29, 1.82) is 0 Å². The van der Waals surface area contributed by atoms with Crippen LogP contribution in [-0.2, 0) is 19.1 Å². The summed E-state index contributed by atoms with van der Waals surface area (Å²) in [7, 11) is 0. The van der Waals surface area contributed by atoms with Crippen LogP contribution in [0.15, 0.2) is 46.6 Å². The Hall–Kier alpha value is -2.65. The van der Waals surface area contributed by atoms with Gasteiger partial charge in [0.1, 0.15) is 0 Å². The van der Waals surface area contributed by atoms with Crippen molar-refractivity contribution in [3.63, 3.8) is 0 Å². The molecule has 37 heavy (non-hydrogen) atoms. The van der Waals surface area contributed by atoms with Gasteiger partial charge in [0.2, 0.25) is 10.9 Å². The smallest absolute Gasteiger partial charge is 0.375 e. The molecule has 0 aliphatic heterocycles. The molecule has 1 aromatic heterocycles. The first-order valence-corrected chi connectivity index (χ1v) is 13.7. The molecular weight excluding hydrogens is 496 g/mol. The molecule has 0 amide bonds. The van der Waals surface area contributed by atoms with E-state index in [9.17, 15) is 29.4 Å². The number of aliphatic carboxylic acids is 1. The van der Waals surface area contributed by atoms with Crippen molar-refractivity contribution in [3.8, 4) is 0 Å². The second-order valence-electron chi connectivity index (χ2n) is 11.4. The second kappa shape index (κ2) is 8.98. The number of hydrogen-bond acceptors (Lipinski definition) is 8. The number of carboxylic acid groups (broad SMARTS) is 1. The Morgan fingerprint density at radius 3 is 2.70 bits per heavy atom. The molecule has 0 saturated heterocycles. The number of carbonyl (C=O) groups excluding carboxylic acids is 3. The Balaban J connectivity index is 1.57. The lowest BCUT2D eigenvalue weighted by Crippen LogP contribution is -2.63. The van der Waals surface area contributed by atoms with Crippen LogP contribution in [0, 0.1) is 34.5 Å². The maximum Gasteiger partial charge on any atom is 0.375 e. The van der Waals surface area contributed by atoms with Crippen molar-refractivity contribution in [2.45, 2.75) is 58.2 Å². The molecule has 0 aromatic carbocycles. The van der Waals surface area contributed by atoms with Gasteiger partial charge in [-0.1, -0.05) is 44.2 Å². The molecule has 198 valence electrons. The Kier molecular flexibility index (Phi) is 6.30. The zero-order chi connectivity index (χ0) is 26.8. The Morgan fingerprint density at radius 2 is 2.03 bits per heavy atom. The van der Waals surface area contributed by atoms with E-state index in [0.29, 0.717) is 24.6 Å². The lowest BCUT2D eigenvalue weighted by atomic mass is 9.46. The Labute approximate surface area is 219 Å². The number of allylic oxidation sites excluding steroid dienone is 4. The molecule has 8 atom stereocenters. The highest BCUT2D eigenvalue weighted by molar-refractivity contribution is 8.14. The fourth-order valence-electron chi connectivity index (χ4n) is 8.16. The van der Waals surface area contributed by atoms with Crippen LogP contribution in [0.4, 0.5) is 0 Å². The van der Waals surface area contributed by atoms with E-state index in [1.165, 1.54) is 12.3 Å². The number of fused-ring (bicyclic) bond motifs is 5. The van der Waals surface area contributed by atoms with Crippen LogP contribution in [0.3, 0.4) is 0 Å². The maximum absolute atomic E-state index is 13.9. The average Bonchev–Trinajstić information content (AvgIpc) is 3.44. The summed E-state index contributed by atoms with van der Waals surface area (Å²) in [6, 6.07) is 3.01. The van der Waals surface area contributed by atoms with E-state index in [1.54, 1.807) is 18.2 Å². The van der Waals surface area contributed by atoms with E-state index >= 15 is 0 Å². The SMILES string of the molecule is C[C@@H]1CC2C3CCC4=CC(=O)C=C[C@]4(C)C3[C@@H](O)C[C@]2(C)[C@@]1(OC(=O)c1ccco1)C(=O)SCC(=O)O. The third-order valence-corrected chi connectivity index (χ3v) is 10.6. The molecule has 9 heteroatoms. The van der Waals surface area contributed by atoms with Crippen LogP contribution in [0.25, 0.3) is 0 Å². The van der Waals surface area contributed by atoms with Crippen LogP contribution in [0.1, 0.15) is 57.0 Å². The van der Waals surface area contributed by atoms with Gasteiger partial charge in [0, 0.05) is 22.7 Å². The second-order valence-corrected chi connectivity index (χ2v) is 12.4. The minimum absolute atomic E-state index is 0.0256. The molecule has 1 heterocycles. The zero-order valence-electron chi connectivity index (χ0n) is 21.1. The van der Waals surface area contributed by atoms with E-state index in [1.807, 2.05) is 19.9 Å². The number of ether oxygens (including phenoxy) is 1. The third-order valence-electron chi connectivity index (χ3n) is 9.64. The largest absolute Gasteiger partial charge is 0.481 e. The van der Waals surface area contributed by atoms with Gasteiger partial charge >= 0.3 is 11.9 Å². The molecule has 4 aliphatic rings. The van der Waals surface area contributed by atoms with Gasteiger partial charge < -0.3 is 19.4 Å². The minimum Gasteiger partial charge on any atom is -0.481 e. The number of ketones is 1. The van der Waals surface area contributed by atoms with Gasteiger partial charge in [0.05, 0.1) is 18.1 Å². The number of aliphatic hydroxyl groups excluding tert-OH is 1. The lowest BCUT2D eigenvalue weighted by Gasteiger charge is -2.59. The van der Waals surface area contributed by atoms with Gasteiger partial charge in [-0.3, -0.25) is 14.4 Å². The standard InChI is InChI=1S/C28H32O8S/c1-15-11-19-18-7-6-16-12-17(29)8-9-26(16,2)23(18)20(30)13-27(19,3)28(15,25(34)37-14-22(31)32)36-24(33)21-5-4-10-35-21/h4-5,8-10,12,15,18-20,23,30H,6-7,11,13-14H2,1-3H3,(H,31,32)/t15-,18?,19?,20+,23?,26+,27+,28+/m1/s1. The van der Waals surface area contributed by atoms with E-state index in [0.717, 1.165) is 12.0 Å². The van der Waals surface area contributed by atoms with Gasteiger partial charge in [0.15, 0.2) is 11.4 Å². The number of thioether (sulfide) groups is 1. The number of rotatable bonds is 5. The summed E-state index contributed by atoms with van der Waals surface area (Å²) in [6.07, 6.45) is 7.97. The topological polar surface area (TPSA) is 131 Å². The molecule has 2 N–H and O–H groups in total. The molecule has 3 fully saturated rings. The van der Waals surface area contributed by atoms with Crippen LogP contribution in [0.2, 0.25) is 0 Å². The predicted molar refractivity (Wildman–Crippen MR) is 135 cm³/mol. The van der Waals surface area contributed by atoms with Gasteiger partial charge in [-0.15, -0.1) is 0 Å². The number of hydrogen-bond donors (Lipinski definition) is 2. The van der Waals surface area contributed by atoms with Crippen LogP contribution in [-0.4, -0.2) is 50.5 Å². The maximum atomic E-state index is 13.9. The summed E-state index contributed by atoms with van der Waals surface area (Å²) in [6.45, 7) is 5.85. The summed E-state index contributed by atoms with van der Waals surface area (Å²) < 4.78 is 11.4. The van der Waals surface area contributed by atoms with E-state index in [2.05, 4.69) is 6.92 Å². The Morgan fingerprint density at radius 1 is 1.27 bits per heavy atom. The summed E-state index contributed by atoms with van der Waals surface area (Å²) in [5.74, 6) is -3.05. The minimum atomic E-state index is -1.64. The molecule has 1 aromatic rings. The third kappa shape index (κ3) is 3.76. The zero-order valence-corrected chi connectivity index (χ0v) is 22.0. The summed E-state index contributed by atoms with van der Waals surface area (Å²) in [5, 5.41) is 20.5. The van der Waals surface area contributed by atoms with Crippen molar-refractivity contribution >= 4 is 34.6 Å². The summed E-state index contributed by atoms with van der Waals surface area (Å²) in [4.78, 5) is 50.5. The molecule has 8 nitrogen and oxygen atoms in total. The van der Waals surface area contributed by atoms with Crippen molar-refractivity contribution in [3.05, 3.63) is 48.0 Å². The molecule has 3 saturated carbocycles. The number of aliphatic hydroxyl groups is 1. The van der Waals surface area contributed by atoms with E-state index < -0.39 is 51.3 Å². The van der Waals surface area contributed by atoms with Crippen LogP contribution < -0.4 is 0 Å². The van der Waals surface area contributed by atoms with Gasteiger partial charge in [-0.05, 0) is 61.8 Å². The summed E-state index contributed by atoms with van der Waals surface area (Å²) in [5.41, 5.74) is -2.01. The fraction of sp³-hybridized carbons (Fsp3) is 0.571. The number of esters is 1. The fourth-order valence-corrected chi connectivity index (χ4v) is 9.11. The van der Waals surface area contributed by atoms with Crippen molar-refractivity contribution in [2.24, 2.45) is 34.5 Å². The van der Waals surface area contributed by atoms with Gasteiger partial charge in [-0.2, -0.15) is 0 Å². The molecular formula is C28H32O8S. The molecule has 0 radical (unpaired) electrons. The predicted octanol–water partition coefficient (Wildman–Crippen LogP) is 4.04.